The van der Waals surface area contributed by atoms with Crippen molar-refractivity contribution in [2.45, 2.75) is 58.0 Å². The molecular weight excluding hydrogens is 230 g/mol. The Bertz CT molecular complexity index is 369. The van der Waals surface area contributed by atoms with Gasteiger partial charge in [0.2, 0.25) is 0 Å². The Balaban J connectivity index is 1.80. The fourth-order valence-corrected chi connectivity index (χ4v) is 2.85. The lowest BCUT2D eigenvalue weighted by Crippen LogP contribution is -2.27. The molecule has 0 spiro atoms. The van der Waals surface area contributed by atoms with Crippen molar-refractivity contribution < 1.29 is 0 Å². The average molecular weight is 257 g/mol. The van der Waals surface area contributed by atoms with E-state index in [1.165, 1.54) is 50.6 Å². The number of rotatable bonds is 7. The Morgan fingerprint density at radius 3 is 2.84 bits per heavy atom. The third-order valence-electron chi connectivity index (χ3n) is 3.98. The van der Waals surface area contributed by atoms with E-state index in [1.54, 1.807) is 0 Å². The summed E-state index contributed by atoms with van der Waals surface area (Å²) in [4.78, 5) is 2.62. The van der Waals surface area contributed by atoms with Crippen molar-refractivity contribution in [1.29, 1.82) is 0 Å². The largest absolute Gasteiger partial charge is 0.293 e. The first-order valence-corrected chi connectivity index (χ1v) is 7.85. The maximum Gasteiger partial charge on any atom is 0.0282 e. The summed E-state index contributed by atoms with van der Waals surface area (Å²) in [6, 6.07) is 11.5. The minimum atomic E-state index is 0.668. The van der Waals surface area contributed by atoms with Gasteiger partial charge in [0, 0.05) is 12.6 Å². The monoisotopic (exact) mass is 257 g/mol. The number of allylic oxidation sites excluding steroid dienone is 1. The quantitative estimate of drug-likeness (QED) is 0.501. The second kappa shape index (κ2) is 8.16. The van der Waals surface area contributed by atoms with Crippen LogP contribution >= 0.6 is 0 Å². The van der Waals surface area contributed by atoms with Crippen LogP contribution in [-0.2, 0) is 6.54 Å². The summed E-state index contributed by atoms with van der Waals surface area (Å²) in [6.45, 7) is 4.62. The Labute approximate surface area is 118 Å². The van der Waals surface area contributed by atoms with Crippen LogP contribution < -0.4 is 0 Å². The van der Waals surface area contributed by atoms with Gasteiger partial charge in [-0.2, -0.15) is 0 Å². The predicted octanol–water partition coefficient (Wildman–Crippen LogP) is 4.79. The summed E-state index contributed by atoms with van der Waals surface area (Å²) in [6.07, 6.45) is 12.8. The average Bonchev–Trinajstić information content (AvgIpc) is 2.87. The van der Waals surface area contributed by atoms with Crippen molar-refractivity contribution >= 4 is 0 Å². The molecule has 1 atom stereocenters. The summed E-state index contributed by atoms with van der Waals surface area (Å²) >= 11 is 0. The molecule has 0 aliphatic carbocycles. The van der Waals surface area contributed by atoms with Crippen LogP contribution in [0, 0.1) is 0 Å². The maximum atomic E-state index is 2.62. The highest BCUT2D eigenvalue weighted by Crippen LogP contribution is 2.21. The van der Waals surface area contributed by atoms with Crippen molar-refractivity contribution in [3.8, 4) is 0 Å². The Morgan fingerprint density at radius 1 is 1.21 bits per heavy atom. The lowest BCUT2D eigenvalue weighted by molar-refractivity contribution is 0.281. The molecule has 2 rings (SSSR count). The number of benzene rings is 1. The van der Waals surface area contributed by atoms with E-state index in [9.17, 15) is 0 Å². The zero-order chi connectivity index (χ0) is 13.3. The maximum absolute atomic E-state index is 2.62. The lowest BCUT2D eigenvalue weighted by Gasteiger charge is -2.21. The van der Waals surface area contributed by atoms with Gasteiger partial charge in [0.05, 0.1) is 0 Å². The van der Waals surface area contributed by atoms with E-state index in [1.807, 2.05) is 0 Å². The molecule has 1 aliphatic heterocycles. The Morgan fingerprint density at radius 2 is 2.05 bits per heavy atom. The third-order valence-corrected chi connectivity index (χ3v) is 3.98. The van der Waals surface area contributed by atoms with E-state index in [-0.39, 0.29) is 0 Å². The molecule has 104 valence electrons. The van der Waals surface area contributed by atoms with Crippen molar-refractivity contribution in [2.75, 3.05) is 6.54 Å². The smallest absolute Gasteiger partial charge is 0.0282 e. The van der Waals surface area contributed by atoms with Gasteiger partial charge in [-0.3, -0.25) is 4.90 Å². The van der Waals surface area contributed by atoms with E-state index in [2.05, 4.69) is 54.3 Å². The first-order chi connectivity index (χ1) is 9.40. The van der Waals surface area contributed by atoms with Crippen LogP contribution in [-0.4, -0.2) is 17.5 Å². The predicted molar refractivity (Wildman–Crippen MR) is 83.2 cm³/mol. The van der Waals surface area contributed by atoms with Crippen LogP contribution in [0.4, 0.5) is 0 Å². The zero-order valence-corrected chi connectivity index (χ0v) is 12.2. The first-order valence-electron chi connectivity index (χ1n) is 7.85. The standard InChI is InChI=1S/C18H27N/c1-2-3-4-5-9-13-18-14-10-15-19(18)16-17-11-7-6-8-12-17/h6-9,11-13,18H,2-5,10,14-16H2,1H3/b13-9+. The molecule has 0 aromatic heterocycles. The van der Waals surface area contributed by atoms with Crippen LogP contribution in [0.15, 0.2) is 42.5 Å². The van der Waals surface area contributed by atoms with Gasteiger partial charge in [-0.25, -0.2) is 0 Å². The lowest BCUT2D eigenvalue weighted by atomic mass is 10.1. The second-order valence-electron chi connectivity index (χ2n) is 5.59. The normalized spacial score (nSPS) is 20.4. The number of unbranched alkanes of at least 4 members (excludes halogenated alkanes) is 3. The molecule has 0 N–H and O–H groups in total. The molecule has 0 saturated carbocycles. The van der Waals surface area contributed by atoms with Crippen LogP contribution in [0.1, 0.15) is 51.0 Å². The van der Waals surface area contributed by atoms with Crippen LogP contribution in [0.25, 0.3) is 0 Å². The molecule has 1 nitrogen and oxygen atoms in total. The number of likely N-dealkylation sites (tertiary alicyclic amines) is 1. The molecule has 0 bridgehead atoms. The van der Waals surface area contributed by atoms with Gasteiger partial charge in [-0.05, 0) is 37.8 Å². The van der Waals surface area contributed by atoms with E-state index in [0.29, 0.717) is 6.04 Å². The molecule has 1 saturated heterocycles. The number of hydrogen-bond acceptors (Lipinski definition) is 1. The van der Waals surface area contributed by atoms with Crippen LogP contribution in [0.2, 0.25) is 0 Å². The SMILES string of the molecule is CCCCC/C=C/C1CCCN1Cc1ccccc1. The molecule has 19 heavy (non-hydrogen) atoms. The summed E-state index contributed by atoms with van der Waals surface area (Å²) in [5.74, 6) is 0. The van der Waals surface area contributed by atoms with E-state index >= 15 is 0 Å². The minimum Gasteiger partial charge on any atom is -0.293 e. The molecule has 0 radical (unpaired) electrons. The van der Waals surface area contributed by atoms with Gasteiger partial charge in [-0.15, -0.1) is 0 Å². The Kier molecular flexibility index (Phi) is 6.16. The van der Waals surface area contributed by atoms with E-state index in [0.717, 1.165) is 6.54 Å². The number of hydrogen-bond donors (Lipinski definition) is 0. The second-order valence-corrected chi connectivity index (χ2v) is 5.59. The topological polar surface area (TPSA) is 3.24 Å². The molecule has 1 aliphatic rings. The van der Waals surface area contributed by atoms with Gasteiger partial charge in [0.15, 0.2) is 0 Å². The molecule has 1 unspecified atom stereocenters. The van der Waals surface area contributed by atoms with Gasteiger partial charge in [0.1, 0.15) is 0 Å². The molecule has 0 amide bonds. The number of nitrogens with zero attached hydrogens (tertiary/aromatic N) is 1. The zero-order valence-electron chi connectivity index (χ0n) is 12.2. The molecule has 1 heterocycles. The third kappa shape index (κ3) is 4.83. The highest BCUT2D eigenvalue weighted by molar-refractivity contribution is 5.15. The first kappa shape index (κ1) is 14.3. The molecule has 1 aromatic rings. The fourth-order valence-electron chi connectivity index (χ4n) is 2.85. The van der Waals surface area contributed by atoms with Crippen molar-refractivity contribution in [2.24, 2.45) is 0 Å². The summed E-state index contributed by atoms with van der Waals surface area (Å²) < 4.78 is 0. The van der Waals surface area contributed by atoms with Crippen LogP contribution in [0.3, 0.4) is 0 Å². The van der Waals surface area contributed by atoms with Gasteiger partial charge in [-0.1, -0.05) is 62.2 Å². The van der Waals surface area contributed by atoms with Gasteiger partial charge >= 0.3 is 0 Å². The molecule has 1 aromatic carbocycles. The molecular formula is C18H27N. The fraction of sp³-hybridized carbons (Fsp3) is 0.556. The van der Waals surface area contributed by atoms with Gasteiger partial charge < -0.3 is 0 Å². The van der Waals surface area contributed by atoms with Crippen molar-refractivity contribution in [1.82, 2.24) is 4.90 Å². The highest BCUT2D eigenvalue weighted by atomic mass is 15.2. The van der Waals surface area contributed by atoms with Gasteiger partial charge in [0.25, 0.3) is 0 Å². The van der Waals surface area contributed by atoms with Crippen molar-refractivity contribution in [3.05, 3.63) is 48.0 Å². The highest BCUT2D eigenvalue weighted by Gasteiger charge is 2.21. The van der Waals surface area contributed by atoms with Crippen LogP contribution in [0.5, 0.6) is 0 Å². The summed E-state index contributed by atoms with van der Waals surface area (Å²) in [5, 5.41) is 0. The van der Waals surface area contributed by atoms with E-state index < -0.39 is 0 Å². The molecule has 1 fully saturated rings. The Hall–Kier alpha value is -1.08. The van der Waals surface area contributed by atoms with E-state index in [4.69, 9.17) is 0 Å². The summed E-state index contributed by atoms with van der Waals surface area (Å²) in [7, 11) is 0. The summed E-state index contributed by atoms with van der Waals surface area (Å²) in [5.41, 5.74) is 1.44. The minimum absolute atomic E-state index is 0.668. The van der Waals surface area contributed by atoms with Crippen molar-refractivity contribution in [3.63, 3.8) is 0 Å². The molecule has 1 heteroatoms.